The summed E-state index contributed by atoms with van der Waals surface area (Å²) in [4.78, 5) is 37.9. The lowest BCUT2D eigenvalue weighted by atomic mass is 10.1. The minimum atomic E-state index is -0.809. The smallest absolute Gasteiger partial charge is 0.306 e. The molecule has 0 saturated heterocycles. The molecule has 0 aliphatic rings. The van der Waals surface area contributed by atoms with Crippen LogP contribution < -0.4 is 0 Å². The summed E-state index contributed by atoms with van der Waals surface area (Å²) in [5, 5.41) is 0. The van der Waals surface area contributed by atoms with Gasteiger partial charge in [-0.2, -0.15) is 0 Å². The summed E-state index contributed by atoms with van der Waals surface area (Å²) in [7, 11) is 0. The van der Waals surface area contributed by atoms with Crippen LogP contribution in [0.15, 0.2) is 109 Å². The van der Waals surface area contributed by atoms with Crippen LogP contribution in [0, 0.1) is 0 Å². The first kappa shape index (κ1) is 59.1. The highest BCUT2D eigenvalue weighted by Crippen LogP contribution is 2.12. The third kappa shape index (κ3) is 49.0. The Kier molecular flexibility index (Phi) is 47.5. The molecule has 0 amide bonds. The summed E-state index contributed by atoms with van der Waals surface area (Å²) in [6.45, 7) is 6.31. The third-order valence-electron chi connectivity index (χ3n) is 10.3. The number of esters is 3. The lowest BCUT2D eigenvalue weighted by Crippen LogP contribution is -2.30. The molecule has 6 nitrogen and oxygen atoms in total. The van der Waals surface area contributed by atoms with E-state index in [2.05, 4.69) is 124 Å². The highest BCUT2D eigenvalue weighted by molar-refractivity contribution is 5.71. The van der Waals surface area contributed by atoms with Crippen LogP contribution in [0.4, 0.5) is 0 Å². The fraction of sp³-hybridized carbons (Fsp3) is 0.632. The molecule has 1 unspecified atom stereocenters. The monoisotopic (exact) mass is 873 g/mol. The first-order valence-electron chi connectivity index (χ1n) is 25.4. The van der Waals surface area contributed by atoms with Crippen molar-refractivity contribution in [1.29, 1.82) is 0 Å². The van der Waals surface area contributed by atoms with Gasteiger partial charge in [0.2, 0.25) is 0 Å². The summed E-state index contributed by atoms with van der Waals surface area (Å²) in [6.07, 6.45) is 67.9. The van der Waals surface area contributed by atoms with Gasteiger partial charge < -0.3 is 14.2 Å². The van der Waals surface area contributed by atoms with E-state index in [-0.39, 0.29) is 31.1 Å². The molecule has 0 radical (unpaired) electrons. The second-order valence-corrected chi connectivity index (χ2v) is 16.4. The third-order valence-corrected chi connectivity index (χ3v) is 10.3. The number of hydrogen-bond acceptors (Lipinski definition) is 6. The molecule has 0 saturated carbocycles. The minimum Gasteiger partial charge on any atom is -0.462 e. The maximum atomic E-state index is 12.8. The molecule has 0 aromatic heterocycles. The zero-order valence-corrected chi connectivity index (χ0v) is 40.5. The number of rotatable bonds is 44. The van der Waals surface area contributed by atoms with Crippen LogP contribution >= 0.6 is 0 Å². The van der Waals surface area contributed by atoms with E-state index in [1.54, 1.807) is 0 Å². The fourth-order valence-corrected chi connectivity index (χ4v) is 6.52. The van der Waals surface area contributed by atoms with Crippen LogP contribution in [0.2, 0.25) is 0 Å². The number of carbonyl (C=O) groups is 3. The predicted molar refractivity (Wildman–Crippen MR) is 270 cm³/mol. The Hall–Kier alpha value is -3.93. The van der Waals surface area contributed by atoms with Gasteiger partial charge in [0.05, 0.1) is 0 Å². The molecule has 356 valence electrons. The number of ether oxygens (including phenoxy) is 3. The van der Waals surface area contributed by atoms with Gasteiger partial charge in [0.15, 0.2) is 6.10 Å². The summed E-state index contributed by atoms with van der Waals surface area (Å²) in [6, 6.07) is 0. The summed E-state index contributed by atoms with van der Waals surface area (Å²) >= 11 is 0. The number of hydrogen-bond donors (Lipinski definition) is 0. The molecular formula is C57H92O6. The van der Waals surface area contributed by atoms with Crippen LogP contribution in [0.3, 0.4) is 0 Å². The van der Waals surface area contributed by atoms with Crippen molar-refractivity contribution in [3.8, 4) is 0 Å². The van der Waals surface area contributed by atoms with Crippen LogP contribution in [-0.4, -0.2) is 37.2 Å². The van der Waals surface area contributed by atoms with Crippen molar-refractivity contribution in [2.45, 2.75) is 219 Å². The molecule has 0 aromatic carbocycles. The summed E-state index contributed by atoms with van der Waals surface area (Å²) in [5.74, 6) is -0.983. The Balaban J connectivity index is 4.49. The van der Waals surface area contributed by atoms with Crippen molar-refractivity contribution < 1.29 is 28.6 Å². The molecule has 1 atom stereocenters. The van der Waals surface area contributed by atoms with E-state index in [9.17, 15) is 14.4 Å². The second-order valence-electron chi connectivity index (χ2n) is 16.4. The average molecular weight is 873 g/mol. The van der Waals surface area contributed by atoms with E-state index >= 15 is 0 Å². The van der Waals surface area contributed by atoms with Gasteiger partial charge in [0.1, 0.15) is 13.2 Å². The van der Waals surface area contributed by atoms with E-state index in [1.807, 2.05) is 6.08 Å². The predicted octanol–water partition coefficient (Wildman–Crippen LogP) is 16.8. The van der Waals surface area contributed by atoms with E-state index in [4.69, 9.17) is 14.2 Å². The molecule has 0 N–H and O–H groups in total. The highest BCUT2D eigenvalue weighted by atomic mass is 16.6. The van der Waals surface area contributed by atoms with E-state index < -0.39 is 6.10 Å². The standard InChI is InChI=1S/C57H92O6/c1-4-7-10-13-16-19-22-25-26-27-28-29-30-33-35-38-41-44-47-50-56(59)62-53-54(63-57(60)51-48-45-42-39-36-32-24-21-18-15-12-9-6-3)52-61-55(58)49-46-43-40-37-34-31-23-20-17-14-11-8-5-2/h7,9-10,12,15-16,18-19,21,24-26,28-29,31,33-35,54H,4-6,8,11,13-14,17,20,22-23,27,30,32,36-53H2,1-3H3/b10-7-,12-9-,18-15-,19-16-,24-21-,26-25-,29-28-,34-31-,35-33-. The Labute approximate surface area is 387 Å². The fourth-order valence-electron chi connectivity index (χ4n) is 6.52. The highest BCUT2D eigenvalue weighted by Gasteiger charge is 2.19. The van der Waals surface area contributed by atoms with Gasteiger partial charge >= 0.3 is 17.9 Å². The van der Waals surface area contributed by atoms with Crippen molar-refractivity contribution in [2.24, 2.45) is 0 Å². The topological polar surface area (TPSA) is 78.9 Å². The van der Waals surface area contributed by atoms with Gasteiger partial charge in [-0.15, -0.1) is 0 Å². The number of unbranched alkanes of at least 4 members (excludes halogenated alkanes) is 17. The first-order chi connectivity index (χ1) is 31.0. The lowest BCUT2D eigenvalue weighted by molar-refractivity contribution is -0.167. The van der Waals surface area contributed by atoms with E-state index in [1.165, 1.54) is 38.5 Å². The van der Waals surface area contributed by atoms with E-state index in [0.29, 0.717) is 19.3 Å². The quantitative estimate of drug-likeness (QED) is 0.0199. The van der Waals surface area contributed by atoms with Crippen molar-refractivity contribution in [3.63, 3.8) is 0 Å². The molecule has 0 bridgehead atoms. The van der Waals surface area contributed by atoms with Gasteiger partial charge in [-0.1, -0.05) is 194 Å². The maximum Gasteiger partial charge on any atom is 0.306 e. The van der Waals surface area contributed by atoms with Crippen LogP contribution in [0.5, 0.6) is 0 Å². The molecule has 0 aliphatic carbocycles. The number of allylic oxidation sites excluding steroid dienone is 18. The summed E-state index contributed by atoms with van der Waals surface area (Å²) < 4.78 is 16.7. The maximum absolute atomic E-state index is 12.8. The number of carbonyl (C=O) groups excluding carboxylic acids is 3. The average Bonchev–Trinajstić information content (AvgIpc) is 3.28. The molecule has 0 rings (SSSR count). The molecule has 6 heteroatoms. The van der Waals surface area contributed by atoms with Gasteiger partial charge in [0.25, 0.3) is 0 Å². The van der Waals surface area contributed by atoms with E-state index in [0.717, 1.165) is 135 Å². The minimum absolute atomic E-state index is 0.107. The lowest BCUT2D eigenvalue weighted by Gasteiger charge is -2.18. The Morgan fingerprint density at radius 1 is 0.349 bits per heavy atom. The summed E-state index contributed by atoms with van der Waals surface area (Å²) in [5.41, 5.74) is 0. The van der Waals surface area contributed by atoms with Crippen molar-refractivity contribution in [1.82, 2.24) is 0 Å². The Morgan fingerprint density at radius 2 is 0.698 bits per heavy atom. The normalized spacial score (nSPS) is 13.0. The van der Waals surface area contributed by atoms with Crippen LogP contribution in [0.25, 0.3) is 0 Å². The molecule has 63 heavy (non-hydrogen) atoms. The second kappa shape index (κ2) is 50.7. The first-order valence-corrected chi connectivity index (χ1v) is 25.4. The molecule has 0 spiro atoms. The van der Waals surface area contributed by atoms with Crippen LogP contribution in [-0.2, 0) is 28.6 Å². The van der Waals surface area contributed by atoms with Crippen molar-refractivity contribution >= 4 is 17.9 Å². The zero-order valence-electron chi connectivity index (χ0n) is 40.5. The van der Waals surface area contributed by atoms with Gasteiger partial charge in [-0.3, -0.25) is 14.4 Å². The molecule has 0 aromatic rings. The molecule has 0 heterocycles. The Morgan fingerprint density at radius 3 is 1.17 bits per heavy atom. The molecule has 0 aliphatic heterocycles. The van der Waals surface area contributed by atoms with Gasteiger partial charge in [-0.25, -0.2) is 0 Å². The van der Waals surface area contributed by atoms with Crippen molar-refractivity contribution in [3.05, 3.63) is 109 Å². The zero-order chi connectivity index (χ0) is 45.8. The largest absolute Gasteiger partial charge is 0.462 e. The van der Waals surface area contributed by atoms with Crippen LogP contribution in [0.1, 0.15) is 213 Å². The molecule has 0 fully saturated rings. The SMILES string of the molecule is CC\C=C/C=C\C=C/CCCCCCCC(=O)OC(COC(=O)CCCCC/C=C\C/C=C\C/C=C\C/C=C\C/C=C\CC)COC(=O)CCCCC/C=C\CCCCCCCC. The molecular weight excluding hydrogens is 781 g/mol. The van der Waals surface area contributed by atoms with Gasteiger partial charge in [-0.05, 0) is 109 Å². The Bertz CT molecular complexity index is 1330. The van der Waals surface area contributed by atoms with Gasteiger partial charge in [0, 0.05) is 19.3 Å². The van der Waals surface area contributed by atoms with Crippen molar-refractivity contribution in [2.75, 3.05) is 13.2 Å².